The van der Waals surface area contributed by atoms with Crippen LogP contribution in [-0.4, -0.2) is 66.1 Å². The van der Waals surface area contributed by atoms with Crippen molar-refractivity contribution in [2.75, 3.05) is 25.3 Å². The van der Waals surface area contributed by atoms with Crippen molar-refractivity contribution in [1.29, 1.82) is 0 Å². The van der Waals surface area contributed by atoms with Crippen LogP contribution in [0.1, 0.15) is 13.3 Å². The SMILES string of the molecule is C[C@H](Sc1nnc(-c2ccc3c(c2)OCO3)o1)C(=O)N(C)[C@@H]1CCS(=O)(=O)C1. The number of carbonyl (C=O) groups excluding carboxylic acids is 1. The Bertz CT molecular complexity index is 1010. The number of carbonyl (C=O) groups is 1. The molecule has 2 aliphatic rings. The lowest BCUT2D eigenvalue weighted by Crippen LogP contribution is -2.41. The third-order valence-corrected chi connectivity index (χ3v) is 7.43. The van der Waals surface area contributed by atoms with Crippen molar-refractivity contribution >= 4 is 27.5 Å². The predicted molar refractivity (Wildman–Crippen MR) is 101 cm³/mol. The van der Waals surface area contributed by atoms with E-state index in [1.165, 1.54) is 4.90 Å². The molecule has 1 aromatic heterocycles. The van der Waals surface area contributed by atoms with Crippen molar-refractivity contribution in [3.8, 4) is 23.0 Å². The number of hydrogen-bond donors (Lipinski definition) is 0. The van der Waals surface area contributed by atoms with Crippen molar-refractivity contribution in [2.24, 2.45) is 0 Å². The molecule has 11 heteroatoms. The van der Waals surface area contributed by atoms with Crippen molar-refractivity contribution in [1.82, 2.24) is 15.1 Å². The van der Waals surface area contributed by atoms with Crippen LogP contribution in [-0.2, 0) is 14.6 Å². The molecule has 2 atom stereocenters. The molecular formula is C17H19N3O6S2. The molecule has 0 radical (unpaired) electrons. The summed E-state index contributed by atoms with van der Waals surface area (Å²) in [5, 5.41) is 7.80. The minimum Gasteiger partial charge on any atom is -0.454 e. The number of rotatable bonds is 5. The van der Waals surface area contributed by atoms with Crippen molar-refractivity contribution in [2.45, 2.75) is 29.9 Å². The Morgan fingerprint density at radius 3 is 2.82 bits per heavy atom. The van der Waals surface area contributed by atoms with Crippen molar-refractivity contribution < 1.29 is 27.1 Å². The Morgan fingerprint density at radius 1 is 1.29 bits per heavy atom. The number of ether oxygens (including phenoxy) is 2. The van der Waals surface area contributed by atoms with Gasteiger partial charge in [-0.25, -0.2) is 8.42 Å². The van der Waals surface area contributed by atoms with Crippen LogP contribution in [0.5, 0.6) is 11.5 Å². The number of benzene rings is 1. The maximum absolute atomic E-state index is 12.6. The molecule has 1 amide bonds. The Kier molecular flexibility index (Phi) is 4.96. The zero-order valence-electron chi connectivity index (χ0n) is 15.3. The molecule has 0 unspecified atom stereocenters. The molecule has 1 fully saturated rings. The molecule has 28 heavy (non-hydrogen) atoms. The van der Waals surface area contributed by atoms with Gasteiger partial charge in [0.1, 0.15) is 0 Å². The third kappa shape index (κ3) is 3.81. The molecule has 0 N–H and O–H groups in total. The second kappa shape index (κ2) is 7.28. The van der Waals surface area contributed by atoms with Gasteiger partial charge in [0.05, 0.1) is 16.8 Å². The average Bonchev–Trinajstić information content (AvgIpc) is 3.39. The van der Waals surface area contributed by atoms with Crippen molar-refractivity contribution in [3.63, 3.8) is 0 Å². The highest BCUT2D eigenvalue weighted by atomic mass is 32.2. The number of amides is 1. The lowest BCUT2D eigenvalue weighted by molar-refractivity contribution is -0.130. The molecule has 1 saturated heterocycles. The first kappa shape index (κ1) is 19.1. The monoisotopic (exact) mass is 425 g/mol. The molecular weight excluding hydrogens is 406 g/mol. The summed E-state index contributed by atoms with van der Waals surface area (Å²) in [5.74, 6) is 1.56. The summed E-state index contributed by atoms with van der Waals surface area (Å²) in [6.07, 6.45) is 0.469. The van der Waals surface area contributed by atoms with E-state index in [9.17, 15) is 13.2 Å². The highest BCUT2D eigenvalue weighted by Gasteiger charge is 2.34. The maximum atomic E-state index is 12.6. The van der Waals surface area contributed by atoms with E-state index >= 15 is 0 Å². The number of fused-ring (bicyclic) bond motifs is 1. The summed E-state index contributed by atoms with van der Waals surface area (Å²) in [6, 6.07) is 5.03. The Morgan fingerprint density at radius 2 is 2.07 bits per heavy atom. The Labute approximate surface area is 166 Å². The maximum Gasteiger partial charge on any atom is 0.277 e. The first-order valence-corrected chi connectivity index (χ1v) is 11.4. The van der Waals surface area contributed by atoms with E-state index < -0.39 is 15.1 Å². The van der Waals surface area contributed by atoms with Gasteiger partial charge in [0.25, 0.3) is 5.22 Å². The molecule has 2 aromatic rings. The zero-order chi connectivity index (χ0) is 19.9. The second-order valence-electron chi connectivity index (χ2n) is 6.71. The van der Waals surface area contributed by atoms with Gasteiger partial charge in [-0.3, -0.25) is 4.79 Å². The van der Waals surface area contributed by atoms with Gasteiger partial charge in [-0.05, 0) is 31.5 Å². The van der Waals surface area contributed by atoms with Gasteiger partial charge < -0.3 is 18.8 Å². The topological polar surface area (TPSA) is 112 Å². The molecule has 2 aliphatic heterocycles. The molecule has 0 aliphatic carbocycles. The van der Waals surface area contributed by atoms with Gasteiger partial charge in [-0.1, -0.05) is 11.8 Å². The summed E-state index contributed by atoms with van der Waals surface area (Å²) >= 11 is 1.14. The minimum absolute atomic E-state index is 0.0153. The molecule has 3 heterocycles. The summed E-state index contributed by atoms with van der Waals surface area (Å²) in [6.45, 7) is 1.91. The predicted octanol–water partition coefficient (Wildman–Crippen LogP) is 1.59. The van der Waals surface area contributed by atoms with Gasteiger partial charge in [0.15, 0.2) is 21.3 Å². The average molecular weight is 425 g/mol. The quantitative estimate of drug-likeness (QED) is 0.659. The largest absolute Gasteiger partial charge is 0.454 e. The fraction of sp³-hybridized carbons (Fsp3) is 0.471. The molecule has 150 valence electrons. The highest BCUT2D eigenvalue weighted by molar-refractivity contribution is 8.00. The van der Waals surface area contributed by atoms with E-state index in [-0.39, 0.29) is 35.5 Å². The molecule has 0 bridgehead atoms. The number of hydrogen-bond acceptors (Lipinski definition) is 9. The van der Waals surface area contributed by atoms with E-state index in [0.29, 0.717) is 29.4 Å². The number of aromatic nitrogens is 2. The molecule has 0 spiro atoms. The third-order valence-electron chi connectivity index (χ3n) is 4.76. The smallest absolute Gasteiger partial charge is 0.277 e. The summed E-state index contributed by atoms with van der Waals surface area (Å²) in [4.78, 5) is 14.2. The molecule has 9 nitrogen and oxygen atoms in total. The minimum atomic E-state index is -3.05. The summed E-state index contributed by atoms with van der Waals surface area (Å²) in [5.41, 5.74) is 0.691. The highest BCUT2D eigenvalue weighted by Crippen LogP contribution is 2.36. The summed E-state index contributed by atoms with van der Waals surface area (Å²) in [7, 11) is -1.42. The van der Waals surface area contributed by atoms with Crippen LogP contribution in [0, 0.1) is 0 Å². The van der Waals surface area contributed by atoms with E-state index in [1.807, 2.05) is 0 Å². The van der Waals surface area contributed by atoms with Crippen LogP contribution >= 0.6 is 11.8 Å². The number of thioether (sulfide) groups is 1. The van der Waals surface area contributed by atoms with Crippen LogP contribution in [0.25, 0.3) is 11.5 Å². The van der Waals surface area contributed by atoms with Gasteiger partial charge in [-0.15, -0.1) is 10.2 Å². The first-order valence-electron chi connectivity index (χ1n) is 8.70. The fourth-order valence-corrected chi connectivity index (χ4v) is 5.71. The second-order valence-corrected chi connectivity index (χ2v) is 10.2. The fourth-order valence-electron chi connectivity index (χ4n) is 3.15. The standard InChI is InChI=1S/C17H19N3O6S2/c1-10(16(21)20(2)12-5-6-28(22,23)8-12)27-17-19-18-15(26-17)11-3-4-13-14(7-11)25-9-24-13/h3-4,7,10,12H,5-6,8-9H2,1-2H3/t10-,12+/m0/s1. The molecule has 4 rings (SSSR count). The first-order chi connectivity index (χ1) is 13.3. The van der Waals surface area contributed by atoms with Crippen molar-refractivity contribution in [3.05, 3.63) is 18.2 Å². The Hall–Kier alpha value is -2.27. The van der Waals surface area contributed by atoms with Gasteiger partial charge >= 0.3 is 0 Å². The van der Waals surface area contributed by atoms with E-state index in [4.69, 9.17) is 13.9 Å². The van der Waals surface area contributed by atoms with E-state index in [0.717, 1.165) is 11.8 Å². The van der Waals surface area contributed by atoms with Gasteiger partial charge in [-0.2, -0.15) is 0 Å². The molecule has 0 saturated carbocycles. The van der Waals surface area contributed by atoms with E-state index in [2.05, 4.69) is 10.2 Å². The summed E-state index contributed by atoms with van der Waals surface area (Å²) < 4.78 is 39.6. The van der Waals surface area contributed by atoms with Crippen LogP contribution in [0.15, 0.2) is 27.8 Å². The lowest BCUT2D eigenvalue weighted by atomic mass is 10.2. The van der Waals surface area contributed by atoms with Crippen LogP contribution in [0.3, 0.4) is 0 Å². The lowest BCUT2D eigenvalue weighted by Gasteiger charge is -2.25. The van der Waals surface area contributed by atoms with E-state index in [1.54, 1.807) is 32.2 Å². The normalized spacial score (nSPS) is 20.9. The van der Waals surface area contributed by atoms with Gasteiger partial charge in [0, 0.05) is 18.7 Å². The van der Waals surface area contributed by atoms with Crippen LogP contribution in [0.2, 0.25) is 0 Å². The van der Waals surface area contributed by atoms with Crippen LogP contribution < -0.4 is 9.47 Å². The van der Waals surface area contributed by atoms with Gasteiger partial charge in [0.2, 0.25) is 18.6 Å². The zero-order valence-corrected chi connectivity index (χ0v) is 17.0. The molecule has 1 aromatic carbocycles. The van der Waals surface area contributed by atoms with Crippen LogP contribution in [0.4, 0.5) is 0 Å². The number of nitrogens with zero attached hydrogens (tertiary/aromatic N) is 3. The Balaban J connectivity index is 1.41. The number of sulfone groups is 1.